The van der Waals surface area contributed by atoms with Crippen LogP contribution >= 0.6 is 0 Å². The molecule has 1 aromatic rings. The molecule has 2 unspecified atom stereocenters. The van der Waals surface area contributed by atoms with Gasteiger partial charge in [0.2, 0.25) is 0 Å². The highest BCUT2D eigenvalue weighted by Gasteiger charge is 2.30. The summed E-state index contributed by atoms with van der Waals surface area (Å²) in [6.07, 6.45) is 3.58. The van der Waals surface area contributed by atoms with Gasteiger partial charge in [0, 0.05) is 0 Å². The van der Waals surface area contributed by atoms with E-state index < -0.39 is 0 Å². The predicted octanol–water partition coefficient (Wildman–Crippen LogP) is 3.55. The van der Waals surface area contributed by atoms with Crippen LogP contribution in [0.25, 0.3) is 0 Å². The number of nitrogens with one attached hydrogen (secondary N) is 1. The molecule has 2 rings (SSSR count). The minimum absolute atomic E-state index is 0.00416. The van der Waals surface area contributed by atoms with E-state index in [1.165, 1.54) is 12.8 Å². The first-order chi connectivity index (χ1) is 8.13. The average Bonchev–Trinajstić information content (AvgIpc) is 2.65. The molecule has 94 valence electrons. The monoisotopic (exact) mass is 235 g/mol. The Balaban J connectivity index is 2.33. The summed E-state index contributed by atoms with van der Waals surface area (Å²) in [5, 5.41) is 3.24. The maximum absolute atomic E-state index is 14.2. The normalized spacial score (nSPS) is 24.2. The number of benzene rings is 1. The van der Waals surface area contributed by atoms with E-state index in [-0.39, 0.29) is 5.82 Å². The van der Waals surface area contributed by atoms with Gasteiger partial charge < -0.3 is 5.32 Å². The van der Waals surface area contributed by atoms with Crippen LogP contribution in [-0.4, -0.2) is 13.6 Å². The molecular formula is C15H22FN. The maximum atomic E-state index is 14.2. The molecule has 1 nitrogen and oxygen atoms in total. The maximum Gasteiger partial charge on any atom is 0.127 e. The van der Waals surface area contributed by atoms with Gasteiger partial charge in [0.15, 0.2) is 0 Å². The summed E-state index contributed by atoms with van der Waals surface area (Å²) in [5.41, 5.74) is 3.11. The number of halogens is 1. The van der Waals surface area contributed by atoms with Gasteiger partial charge in [-0.05, 0) is 74.9 Å². The minimum atomic E-state index is -0.00416. The van der Waals surface area contributed by atoms with Crippen LogP contribution in [0.15, 0.2) is 12.1 Å². The van der Waals surface area contributed by atoms with Crippen molar-refractivity contribution in [2.24, 2.45) is 5.92 Å². The molecule has 1 aromatic carbocycles. The topological polar surface area (TPSA) is 12.0 Å². The van der Waals surface area contributed by atoms with Gasteiger partial charge in [-0.3, -0.25) is 0 Å². The van der Waals surface area contributed by atoms with E-state index in [1.807, 2.05) is 20.9 Å². The molecule has 1 saturated carbocycles. The molecular weight excluding hydrogens is 213 g/mol. The van der Waals surface area contributed by atoms with E-state index in [0.29, 0.717) is 11.8 Å². The Morgan fingerprint density at radius 1 is 1.29 bits per heavy atom. The van der Waals surface area contributed by atoms with Crippen molar-refractivity contribution < 1.29 is 4.39 Å². The quantitative estimate of drug-likeness (QED) is 0.845. The molecule has 1 fully saturated rings. The zero-order valence-corrected chi connectivity index (χ0v) is 11.0. The molecule has 17 heavy (non-hydrogen) atoms. The zero-order chi connectivity index (χ0) is 12.4. The lowest BCUT2D eigenvalue weighted by atomic mass is 9.85. The molecule has 0 aromatic heterocycles. The van der Waals surface area contributed by atoms with Crippen molar-refractivity contribution in [1.29, 1.82) is 0 Å². The molecule has 0 spiro atoms. The third kappa shape index (κ3) is 2.52. The van der Waals surface area contributed by atoms with Crippen LogP contribution in [0.1, 0.15) is 41.9 Å². The highest BCUT2D eigenvalue weighted by atomic mass is 19.1. The van der Waals surface area contributed by atoms with Gasteiger partial charge in [-0.15, -0.1) is 0 Å². The van der Waals surface area contributed by atoms with Crippen molar-refractivity contribution in [1.82, 2.24) is 5.32 Å². The largest absolute Gasteiger partial charge is 0.319 e. The summed E-state index contributed by atoms with van der Waals surface area (Å²) in [5.74, 6) is 0.995. The smallest absolute Gasteiger partial charge is 0.127 e. The van der Waals surface area contributed by atoms with Crippen molar-refractivity contribution >= 4 is 0 Å². The van der Waals surface area contributed by atoms with Gasteiger partial charge in [0.1, 0.15) is 5.82 Å². The number of hydrogen-bond acceptors (Lipinski definition) is 1. The second-order valence-corrected chi connectivity index (χ2v) is 5.33. The summed E-state index contributed by atoms with van der Waals surface area (Å²) in [7, 11) is 1.98. The minimum Gasteiger partial charge on any atom is -0.319 e. The Morgan fingerprint density at radius 3 is 2.71 bits per heavy atom. The van der Waals surface area contributed by atoms with Crippen LogP contribution in [0.3, 0.4) is 0 Å². The average molecular weight is 235 g/mol. The van der Waals surface area contributed by atoms with Crippen molar-refractivity contribution in [2.75, 3.05) is 13.6 Å². The molecule has 0 aliphatic heterocycles. The van der Waals surface area contributed by atoms with E-state index in [2.05, 4.69) is 11.4 Å². The highest BCUT2D eigenvalue weighted by molar-refractivity contribution is 5.35. The van der Waals surface area contributed by atoms with Crippen molar-refractivity contribution in [2.45, 2.75) is 39.0 Å². The fraction of sp³-hybridized carbons (Fsp3) is 0.600. The SMILES string of the molecule is CNCC1CCCC1c1c(C)cc(C)cc1F. The fourth-order valence-corrected chi connectivity index (χ4v) is 3.32. The van der Waals surface area contributed by atoms with Gasteiger partial charge in [0.05, 0.1) is 0 Å². The standard InChI is InChI=1S/C15H22FN/c1-10-7-11(2)15(14(16)8-10)13-6-4-5-12(13)9-17-3/h7-8,12-13,17H,4-6,9H2,1-3H3. The first-order valence-corrected chi connectivity index (χ1v) is 6.54. The first kappa shape index (κ1) is 12.6. The fourth-order valence-electron chi connectivity index (χ4n) is 3.32. The second-order valence-electron chi connectivity index (χ2n) is 5.33. The summed E-state index contributed by atoms with van der Waals surface area (Å²) in [4.78, 5) is 0. The van der Waals surface area contributed by atoms with Crippen LogP contribution in [0.5, 0.6) is 0 Å². The Bertz CT molecular complexity index is 377. The molecule has 1 aliphatic carbocycles. The van der Waals surface area contributed by atoms with Crippen LogP contribution in [0.2, 0.25) is 0 Å². The molecule has 0 radical (unpaired) electrons. The number of aryl methyl sites for hydroxylation is 2. The Labute approximate surface area is 103 Å². The number of rotatable bonds is 3. The van der Waals surface area contributed by atoms with Crippen molar-refractivity contribution in [3.8, 4) is 0 Å². The summed E-state index contributed by atoms with van der Waals surface area (Å²) < 4.78 is 14.2. The zero-order valence-electron chi connectivity index (χ0n) is 11.0. The van der Waals surface area contributed by atoms with Crippen LogP contribution < -0.4 is 5.32 Å². The van der Waals surface area contributed by atoms with Crippen molar-refractivity contribution in [3.05, 3.63) is 34.6 Å². The Hall–Kier alpha value is -0.890. The van der Waals surface area contributed by atoms with Gasteiger partial charge in [0.25, 0.3) is 0 Å². The summed E-state index contributed by atoms with van der Waals surface area (Å²) in [6, 6.07) is 3.78. The Kier molecular flexibility index (Phi) is 3.82. The Morgan fingerprint density at radius 2 is 2.06 bits per heavy atom. The summed E-state index contributed by atoms with van der Waals surface area (Å²) in [6.45, 7) is 5.00. The van der Waals surface area contributed by atoms with E-state index in [0.717, 1.165) is 29.7 Å². The third-order valence-electron chi connectivity index (χ3n) is 3.98. The lowest BCUT2D eigenvalue weighted by molar-refractivity contribution is 0.445. The van der Waals surface area contributed by atoms with E-state index in [1.54, 1.807) is 6.07 Å². The second kappa shape index (κ2) is 5.18. The molecule has 2 heteroatoms. The lowest BCUT2D eigenvalue weighted by Crippen LogP contribution is -2.22. The summed E-state index contributed by atoms with van der Waals surface area (Å²) >= 11 is 0. The molecule has 0 amide bonds. The van der Waals surface area contributed by atoms with Gasteiger partial charge in [-0.25, -0.2) is 4.39 Å². The number of hydrogen-bond donors (Lipinski definition) is 1. The highest BCUT2D eigenvalue weighted by Crippen LogP contribution is 2.41. The lowest BCUT2D eigenvalue weighted by Gasteiger charge is -2.22. The van der Waals surface area contributed by atoms with Gasteiger partial charge in [-0.1, -0.05) is 12.5 Å². The molecule has 0 saturated heterocycles. The van der Waals surface area contributed by atoms with Crippen molar-refractivity contribution in [3.63, 3.8) is 0 Å². The van der Waals surface area contributed by atoms with Gasteiger partial charge >= 0.3 is 0 Å². The van der Waals surface area contributed by atoms with Crippen LogP contribution in [-0.2, 0) is 0 Å². The first-order valence-electron chi connectivity index (χ1n) is 6.54. The van der Waals surface area contributed by atoms with E-state index in [9.17, 15) is 4.39 Å². The van der Waals surface area contributed by atoms with E-state index in [4.69, 9.17) is 0 Å². The molecule has 0 heterocycles. The predicted molar refractivity (Wildman–Crippen MR) is 69.9 cm³/mol. The van der Waals surface area contributed by atoms with Crippen LogP contribution in [0.4, 0.5) is 4.39 Å². The molecule has 1 N–H and O–H groups in total. The van der Waals surface area contributed by atoms with Crippen LogP contribution in [0, 0.1) is 25.6 Å². The van der Waals surface area contributed by atoms with Gasteiger partial charge in [-0.2, -0.15) is 0 Å². The molecule has 0 bridgehead atoms. The van der Waals surface area contributed by atoms with E-state index >= 15 is 0 Å². The molecule has 1 aliphatic rings. The molecule has 2 atom stereocenters. The third-order valence-corrected chi connectivity index (χ3v) is 3.98.